The maximum Gasteiger partial charge on any atom is 0.272 e. The maximum atomic E-state index is 13.5. The minimum absolute atomic E-state index is 0.0307. The number of aryl methyl sites for hydroxylation is 1. The van der Waals surface area contributed by atoms with Gasteiger partial charge in [-0.15, -0.1) is 0 Å². The summed E-state index contributed by atoms with van der Waals surface area (Å²) < 4.78 is 15.1. The summed E-state index contributed by atoms with van der Waals surface area (Å²) >= 11 is 0. The highest BCUT2D eigenvalue weighted by Gasteiger charge is 2.26. The third kappa shape index (κ3) is 2.52. The van der Waals surface area contributed by atoms with Crippen molar-refractivity contribution in [3.63, 3.8) is 0 Å². The molecule has 1 saturated heterocycles. The van der Waals surface area contributed by atoms with Crippen molar-refractivity contribution in [3.8, 4) is 0 Å². The summed E-state index contributed by atoms with van der Waals surface area (Å²) in [5.74, 6) is 0.278. The topological polar surface area (TPSA) is 37.6 Å². The van der Waals surface area contributed by atoms with E-state index >= 15 is 0 Å². The Morgan fingerprint density at radius 2 is 2.10 bits per heavy atom. The Morgan fingerprint density at radius 3 is 2.76 bits per heavy atom. The van der Waals surface area contributed by atoms with Crippen molar-refractivity contribution < 1.29 is 9.18 Å². The molecule has 3 heterocycles. The first-order chi connectivity index (χ1) is 10.1. The number of fused-ring (bicyclic) bond motifs is 1. The first kappa shape index (κ1) is 14.0. The van der Waals surface area contributed by atoms with Gasteiger partial charge in [0.25, 0.3) is 5.91 Å². The van der Waals surface area contributed by atoms with Crippen molar-refractivity contribution in [2.75, 3.05) is 13.1 Å². The van der Waals surface area contributed by atoms with Gasteiger partial charge in [-0.05, 0) is 37.3 Å². The molecule has 4 nitrogen and oxygen atoms in total. The van der Waals surface area contributed by atoms with Crippen LogP contribution in [0.2, 0.25) is 0 Å². The summed E-state index contributed by atoms with van der Waals surface area (Å²) in [6.45, 7) is 5.72. The van der Waals surface area contributed by atoms with E-state index in [1.165, 1.54) is 12.3 Å². The predicted octanol–water partition coefficient (Wildman–Crippen LogP) is 2.91. The van der Waals surface area contributed by atoms with Crippen molar-refractivity contribution in [2.45, 2.75) is 33.1 Å². The third-order valence-corrected chi connectivity index (χ3v) is 4.26. The van der Waals surface area contributed by atoms with Crippen LogP contribution in [0, 0.1) is 11.7 Å². The molecular weight excluding hydrogens is 269 g/mol. The highest BCUT2D eigenvalue weighted by molar-refractivity contribution is 5.94. The van der Waals surface area contributed by atoms with E-state index in [1.54, 1.807) is 10.5 Å². The third-order valence-electron chi connectivity index (χ3n) is 4.26. The maximum absolute atomic E-state index is 13.5. The van der Waals surface area contributed by atoms with E-state index in [0.29, 0.717) is 23.7 Å². The lowest BCUT2D eigenvalue weighted by atomic mass is 9.99. The zero-order valence-corrected chi connectivity index (χ0v) is 12.5. The number of amides is 1. The molecule has 1 amide bonds. The molecule has 3 rings (SSSR count). The number of carbonyl (C=O) groups is 1. The molecule has 1 fully saturated rings. The molecule has 0 N–H and O–H groups in total. The number of carbonyl (C=O) groups excluding carboxylic acids is 1. The second-order valence-electron chi connectivity index (χ2n) is 5.81. The molecule has 0 atom stereocenters. The van der Waals surface area contributed by atoms with Crippen molar-refractivity contribution in [3.05, 3.63) is 35.5 Å². The van der Waals surface area contributed by atoms with Crippen molar-refractivity contribution in [2.24, 2.45) is 5.92 Å². The van der Waals surface area contributed by atoms with Crippen LogP contribution in [-0.4, -0.2) is 33.3 Å². The molecule has 0 bridgehead atoms. The zero-order valence-electron chi connectivity index (χ0n) is 12.5. The van der Waals surface area contributed by atoms with Crippen molar-refractivity contribution >= 4 is 11.6 Å². The van der Waals surface area contributed by atoms with Crippen LogP contribution < -0.4 is 0 Å². The van der Waals surface area contributed by atoms with Gasteiger partial charge in [-0.25, -0.2) is 9.37 Å². The molecule has 0 unspecified atom stereocenters. The van der Waals surface area contributed by atoms with Crippen LogP contribution in [0.5, 0.6) is 0 Å². The Bertz CT molecular complexity index is 671. The van der Waals surface area contributed by atoms with Gasteiger partial charge in [0.15, 0.2) is 0 Å². The van der Waals surface area contributed by atoms with E-state index in [9.17, 15) is 9.18 Å². The molecule has 0 saturated carbocycles. The van der Waals surface area contributed by atoms with Gasteiger partial charge in [-0.1, -0.05) is 13.8 Å². The number of hydrogen-bond acceptors (Lipinski definition) is 2. The molecule has 1 aliphatic heterocycles. The largest absolute Gasteiger partial charge is 0.337 e. The summed E-state index contributed by atoms with van der Waals surface area (Å²) in [7, 11) is 0. The lowest BCUT2D eigenvalue weighted by Gasteiger charge is -2.30. The summed E-state index contributed by atoms with van der Waals surface area (Å²) in [6, 6.07) is 2.99. The minimum Gasteiger partial charge on any atom is -0.337 e. The normalized spacial score (nSPS) is 16.6. The Morgan fingerprint density at radius 1 is 1.38 bits per heavy atom. The van der Waals surface area contributed by atoms with Gasteiger partial charge in [0.1, 0.15) is 17.2 Å². The van der Waals surface area contributed by atoms with Gasteiger partial charge in [0.05, 0.1) is 5.69 Å². The molecular formula is C16H20FN3O. The smallest absolute Gasteiger partial charge is 0.272 e. The number of rotatable bonds is 2. The first-order valence-corrected chi connectivity index (χ1v) is 7.56. The van der Waals surface area contributed by atoms with Gasteiger partial charge in [0, 0.05) is 19.3 Å². The van der Waals surface area contributed by atoms with Crippen molar-refractivity contribution in [1.29, 1.82) is 0 Å². The Kier molecular flexibility index (Phi) is 3.66. The number of likely N-dealkylation sites (tertiary alicyclic amines) is 1. The fourth-order valence-electron chi connectivity index (χ4n) is 2.90. The summed E-state index contributed by atoms with van der Waals surface area (Å²) in [6.07, 6.45) is 4.06. The number of aromatic nitrogens is 2. The number of pyridine rings is 1. The lowest BCUT2D eigenvalue weighted by Crippen LogP contribution is -2.38. The SMILES string of the molecule is CCc1nc2ccc(F)cn2c1C(=O)N1CCC(C)CC1. The van der Waals surface area contributed by atoms with Gasteiger partial charge in [0.2, 0.25) is 0 Å². The van der Waals surface area contributed by atoms with E-state index in [-0.39, 0.29) is 11.7 Å². The minimum atomic E-state index is -0.358. The Labute approximate surface area is 123 Å². The molecule has 0 spiro atoms. The van der Waals surface area contributed by atoms with Gasteiger partial charge < -0.3 is 4.90 Å². The molecule has 0 aromatic carbocycles. The van der Waals surface area contributed by atoms with Gasteiger partial charge >= 0.3 is 0 Å². The second-order valence-corrected chi connectivity index (χ2v) is 5.81. The van der Waals surface area contributed by atoms with Crippen LogP contribution in [0.25, 0.3) is 5.65 Å². The predicted molar refractivity (Wildman–Crippen MR) is 78.8 cm³/mol. The quantitative estimate of drug-likeness (QED) is 0.852. The number of piperidine rings is 1. The molecule has 21 heavy (non-hydrogen) atoms. The van der Waals surface area contributed by atoms with E-state index < -0.39 is 0 Å². The van der Waals surface area contributed by atoms with E-state index in [0.717, 1.165) is 31.6 Å². The monoisotopic (exact) mass is 289 g/mol. The number of imidazole rings is 1. The van der Waals surface area contributed by atoms with Crippen LogP contribution in [0.3, 0.4) is 0 Å². The summed E-state index contributed by atoms with van der Waals surface area (Å²) in [5.41, 5.74) is 1.88. The average Bonchev–Trinajstić information content (AvgIpc) is 2.85. The molecule has 112 valence electrons. The number of nitrogens with zero attached hydrogens (tertiary/aromatic N) is 3. The highest BCUT2D eigenvalue weighted by atomic mass is 19.1. The zero-order chi connectivity index (χ0) is 15.0. The standard InChI is InChI=1S/C16H20FN3O/c1-3-13-15(16(21)19-8-6-11(2)7-9-19)20-10-12(17)4-5-14(20)18-13/h4-5,10-11H,3,6-9H2,1-2H3. The van der Waals surface area contributed by atoms with Gasteiger partial charge in [-0.3, -0.25) is 9.20 Å². The van der Waals surface area contributed by atoms with E-state index in [4.69, 9.17) is 0 Å². The Balaban J connectivity index is 2.01. The molecule has 0 aliphatic carbocycles. The fraction of sp³-hybridized carbons (Fsp3) is 0.500. The van der Waals surface area contributed by atoms with E-state index in [1.807, 2.05) is 11.8 Å². The van der Waals surface area contributed by atoms with Crippen LogP contribution in [-0.2, 0) is 6.42 Å². The molecule has 2 aromatic heterocycles. The number of hydrogen-bond donors (Lipinski definition) is 0. The number of halogens is 1. The highest BCUT2D eigenvalue weighted by Crippen LogP contribution is 2.21. The molecule has 1 aliphatic rings. The molecule has 5 heteroatoms. The summed E-state index contributed by atoms with van der Waals surface area (Å²) in [4.78, 5) is 19.1. The summed E-state index contributed by atoms with van der Waals surface area (Å²) in [5, 5.41) is 0. The lowest BCUT2D eigenvalue weighted by molar-refractivity contribution is 0.0689. The van der Waals surface area contributed by atoms with Crippen LogP contribution >= 0.6 is 0 Å². The second kappa shape index (κ2) is 5.47. The Hall–Kier alpha value is -1.91. The van der Waals surface area contributed by atoms with Gasteiger partial charge in [-0.2, -0.15) is 0 Å². The van der Waals surface area contributed by atoms with Crippen LogP contribution in [0.4, 0.5) is 4.39 Å². The fourth-order valence-corrected chi connectivity index (χ4v) is 2.90. The average molecular weight is 289 g/mol. The molecule has 2 aromatic rings. The first-order valence-electron chi connectivity index (χ1n) is 7.56. The van der Waals surface area contributed by atoms with Crippen LogP contribution in [0.1, 0.15) is 42.9 Å². The molecule has 0 radical (unpaired) electrons. The van der Waals surface area contributed by atoms with Crippen molar-refractivity contribution in [1.82, 2.24) is 14.3 Å². The van der Waals surface area contributed by atoms with Crippen LogP contribution in [0.15, 0.2) is 18.3 Å². The van der Waals surface area contributed by atoms with E-state index in [2.05, 4.69) is 11.9 Å².